The molecule has 10 aromatic heterocycles. The van der Waals surface area contributed by atoms with Gasteiger partial charge < -0.3 is 82.9 Å². The number of ether oxygens (including phenoxy) is 6. The van der Waals surface area contributed by atoms with Gasteiger partial charge in [-0.05, 0) is 187 Å². The zero-order chi connectivity index (χ0) is 85.7. The minimum absolute atomic E-state index is 0.0103. The summed E-state index contributed by atoms with van der Waals surface area (Å²) in [5.41, 5.74) is 11.8. The quantitative estimate of drug-likeness (QED) is 0.0237. The Morgan fingerprint density at radius 2 is 0.583 bits per heavy atom. The van der Waals surface area contributed by atoms with Crippen molar-refractivity contribution in [2.45, 2.75) is 166 Å². The van der Waals surface area contributed by atoms with Crippen LogP contribution >= 0.6 is 0 Å². The van der Waals surface area contributed by atoms with Crippen LogP contribution in [0.1, 0.15) is 109 Å². The number of fused-ring (bicyclic) bond motifs is 5. The highest BCUT2D eigenvalue weighted by molar-refractivity contribution is 5.93. The molecule has 0 amide bonds. The highest BCUT2D eigenvalue weighted by Gasteiger charge is 2.21. The lowest BCUT2D eigenvalue weighted by Gasteiger charge is -2.17. The summed E-state index contributed by atoms with van der Waals surface area (Å²) in [5.74, 6) is 3.72. The van der Waals surface area contributed by atoms with Gasteiger partial charge in [0, 0.05) is 101 Å². The number of rotatable bonds is 29. The molecule has 0 aliphatic heterocycles. The number of aliphatic hydroxyl groups is 1. The Bertz CT molecular complexity index is 5750. The van der Waals surface area contributed by atoms with Gasteiger partial charge in [0.1, 0.15) is 117 Å². The van der Waals surface area contributed by atoms with E-state index in [4.69, 9.17) is 28.4 Å². The van der Waals surface area contributed by atoms with E-state index < -0.39 is 0 Å². The number of anilines is 10. The van der Waals surface area contributed by atoms with Gasteiger partial charge in [-0.2, -0.15) is 0 Å². The van der Waals surface area contributed by atoms with E-state index in [2.05, 4.69) is 118 Å². The van der Waals surface area contributed by atoms with E-state index in [-0.39, 0.29) is 72.3 Å². The van der Waals surface area contributed by atoms with Crippen LogP contribution in [0.2, 0.25) is 0 Å². The summed E-state index contributed by atoms with van der Waals surface area (Å²) >= 11 is 0. The fourth-order valence-corrected chi connectivity index (χ4v) is 12.8. The van der Waals surface area contributed by atoms with Crippen molar-refractivity contribution in [3.63, 3.8) is 0 Å². The summed E-state index contributed by atoms with van der Waals surface area (Å²) in [5, 5.41) is 25.4. The number of hydrogen-bond donors (Lipinski definition) is 6. The van der Waals surface area contributed by atoms with Crippen molar-refractivity contribution in [1.29, 1.82) is 0 Å². The predicted octanol–water partition coefficient (Wildman–Crippen LogP) is 20.2. The van der Waals surface area contributed by atoms with E-state index in [1.165, 1.54) is 92.3 Å². The second kappa shape index (κ2) is 41.2. The van der Waals surface area contributed by atoms with Gasteiger partial charge in [0.2, 0.25) is 0 Å². The van der Waals surface area contributed by atoms with Crippen LogP contribution < -0.4 is 50.3 Å². The summed E-state index contributed by atoms with van der Waals surface area (Å²) < 4.78 is 112. The lowest BCUT2D eigenvalue weighted by atomic mass is 10.2. The molecule has 10 heterocycles. The van der Waals surface area contributed by atoms with E-state index in [1.807, 2.05) is 140 Å². The molecule has 6 N–H and O–H groups in total. The van der Waals surface area contributed by atoms with Gasteiger partial charge in [-0.3, -0.25) is 0 Å². The van der Waals surface area contributed by atoms with Crippen LogP contribution in [-0.2, 0) is 30.9 Å². The molecule has 0 unspecified atom stereocenters. The SMILES string of the molecule is CC(C)Oc1cc(F)ccc1Nc1ncnc2ccn(C(C)C)c12.CC(C)Oc1cc(F)ccc1Nc1ncnc2ccn(CCO)c12.CCCn1ccc2ncnc(Nc3ccc(F)cc3OC(C)C)c21.CCn1ccc2ncnc(Nc3ccc(F)cc3OC(C)C)c21.COCCn1ccc2ncnc(Nc3ccc(F)cc3OC(C)C)c21. The molecule has 15 aromatic rings. The number of aromatic nitrogens is 15. The van der Waals surface area contributed by atoms with Gasteiger partial charge in [-0.15, -0.1) is 0 Å². The Morgan fingerprint density at radius 1 is 0.325 bits per heavy atom. The predicted molar refractivity (Wildman–Crippen MR) is 460 cm³/mol. The Morgan fingerprint density at radius 3 is 0.850 bits per heavy atom. The molecule has 0 aliphatic carbocycles. The van der Waals surface area contributed by atoms with Crippen molar-refractivity contribution < 1.29 is 55.5 Å². The molecular weight excluding hydrogens is 1540 g/mol. The molecule has 120 heavy (non-hydrogen) atoms. The highest BCUT2D eigenvalue weighted by Crippen LogP contribution is 2.38. The van der Waals surface area contributed by atoms with Crippen LogP contribution in [-0.4, -0.2) is 129 Å². The van der Waals surface area contributed by atoms with Crippen molar-refractivity contribution in [3.8, 4) is 28.7 Å². The third-order valence-corrected chi connectivity index (χ3v) is 17.7. The standard InChI is InChI=1S/C18H21FN4O2.2C18H21FN4O.C17H19FN4O2.C17H19FN4O/c1-12(2)25-16-10-13(19)4-5-14(16)22-18-17-15(20-11-21-18)6-7-23(17)8-9-24-3;1-11(2)23-8-7-15-17(23)18(21-10-20-15)22-14-6-5-13(19)9-16(14)24-12(3)4;1-4-8-23-9-7-15-17(23)18(21-11-20-15)22-14-6-5-13(19)10-16(14)24-12(2)3;1-11(2)24-15-9-12(18)3-4-13(15)21-17-16-14(19-10-20-17)5-6-22(16)7-8-23;1-4-22-8-7-14-16(22)17(20-10-19-14)21-13-6-5-12(18)9-15(13)23-11(2)3/h4-7,10-12H,8-9H2,1-3H3,(H,20,21,22);5-12H,1-4H3,(H,20,21,22);5-7,9-12H,4,8H2,1-3H3,(H,20,21,22);3-6,9-11,23H,7-8H2,1-2H3,(H,19,20,21);5-11H,4H2,1-3H3,(H,19,20,21). The number of methoxy groups -OCH3 is 1. The largest absolute Gasteiger partial charge is 0.489 e. The summed E-state index contributed by atoms with van der Waals surface area (Å²) in [7, 11) is 1.66. The highest BCUT2D eigenvalue weighted by atomic mass is 19.1. The minimum Gasteiger partial charge on any atom is -0.489 e. The van der Waals surface area contributed by atoms with Crippen LogP contribution in [0.15, 0.2) is 184 Å². The monoisotopic (exact) mass is 1640 g/mol. The first-order valence-corrected chi connectivity index (χ1v) is 39.6. The van der Waals surface area contributed by atoms with E-state index in [9.17, 15) is 27.1 Å². The summed E-state index contributed by atoms with van der Waals surface area (Å²) in [6.07, 6.45) is 17.9. The first-order chi connectivity index (χ1) is 57.8. The van der Waals surface area contributed by atoms with E-state index in [1.54, 1.807) is 37.4 Å². The Labute approximate surface area is 692 Å². The number of benzene rings is 5. The van der Waals surface area contributed by atoms with Crippen LogP contribution in [0.25, 0.3) is 55.2 Å². The lowest BCUT2D eigenvalue weighted by Crippen LogP contribution is -2.09. The maximum Gasteiger partial charge on any atom is 0.158 e. The molecule has 0 aliphatic rings. The first kappa shape index (κ1) is 87.6. The van der Waals surface area contributed by atoms with Gasteiger partial charge >= 0.3 is 0 Å². The summed E-state index contributed by atoms with van der Waals surface area (Å²) in [4.78, 5) is 43.1. The maximum absolute atomic E-state index is 13.6. The third-order valence-electron chi connectivity index (χ3n) is 17.7. The molecule has 0 fully saturated rings. The smallest absolute Gasteiger partial charge is 0.158 e. The van der Waals surface area contributed by atoms with E-state index in [0.29, 0.717) is 106 Å². The molecule has 15 rings (SSSR count). The average Bonchev–Trinajstić information content (AvgIpc) is 1.65. The van der Waals surface area contributed by atoms with E-state index in [0.717, 1.165) is 74.7 Å². The number of halogens is 5. The zero-order valence-corrected chi connectivity index (χ0v) is 69.7. The third kappa shape index (κ3) is 22.7. The number of nitrogens with one attached hydrogen (secondary N) is 5. The fraction of sp³-hybridized carbons (Fsp3) is 0.318. The topological polar surface area (TPSA) is 289 Å². The minimum atomic E-state index is -0.368. The van der Waals surface area contributed by atoms with Gasteiger partial charge in [0.05, 0.1) is 99.8 Å². The Kier molecular flexibility index (Phi) is 30.1. The Balaban J connectivity index is 0.000000147. The van der Waals surface area contributed by atoms with Crippen molar-refractivity contribution in [2.24, 2.45) is 0 Å². The van der Waals surface area contributed by atoms with Crippen LogP contribution in [0, 0.1) is 29.1 Å². The van der Waals surface area contributed by atoms with Gasteiger partial charge in [0.25, 0.3) is 0 Å². The molecule has 0 saturated heterocycles. The second-order valence-electron chi connectivity index (χ2n) is 29.1. The van der Waals surface area contributed by atoms with Crippen molar-refractivity contribution in [2.75, 3.05) is 46.9 Å². The van der Waals surface area contributed by atoms with Gasteiger partial charge in [0.15, 0.2) is 29.1 Å². The normalized spacial score (nSPS) is 11.3. The molecule has 630 valence electrons. The molecular formula is C88H101F5N20O7. The number of hydrogen-bond acceptors (Lipinski definition) is 22. The molecule has 0 saturated carbocycles. The van der Waals surface area contributed by atoms with E-state index >= 15 is 0 Å². The van der Waals surface area contributed by atoms with Gasteiger partial charge in [-0.1, -0.05) is 6.92 Å². The second-order valence-corrected chi connectivity index (χ2v) is 29.1. The average molecular weight is 1650 g/mol. The molecule has 0 radical (unpaired) electrons. The van der Waals surface area contributed by atoms with Crippen LogP contribution in [0.4, 0.5) is 79.5 Å². The van der Waals surface area contributed by atoms with Crippen molar-refractivity contribution in [3.05, 3.63) is 213 Å². The molecule has 5 aromatic carbocycles. The number of nitrogens with zero attached hydrogens (tertiary/aromatic N) is 15. The molecule has 0 spiro atoms. The molecule has 32 heteroatoms. The number of aliphatic hydroxyl groups excluding tert-OH is 1. The van der Waals surface area contributed by atoms with Crippen molar-refractivity contribution in [1.82, 2.24) is 72.7 Å². The molecule has 0 bridgehead atoms. The maximum atomic E-state index is 13.6. The summed E-state index contributed by atoms with van der Waals surface area (Å²) in [6.45, 7) is 30.7. The fourth-order valence-electron chi connectivity index (χ4n) is 12.8. The van der Waals surface area contributed by atoms with Crippen molar-refractivity contribution >= 4 is 113 Å². The molecule has 0 atom stereocenters. The Hall–Kier alpha value is -13.2. The molecule has 27 nitrogen and oxygen atoms in total. The summed E-state index contributed by atoms with van der Waals surface area (Å²) in [6, 6.07) is 31.9. The number of aryl methyl sites for hydroxylation is 2. The van der Waals surface area contributed by atoms with Crippen LogP contribution in [0.5, 0.6) is 28.7 Å². The van der Waals surface area contributed by atoms with Gasteiger partial charge in [-0.25, -0.2) is 71.8 Å². The van der Waals surface area contributed by atoms with Crippen LogP contribution in [0.3, 0.4) is 0 Å². The first-order valence-electron chi connectivity index (χ1n) is 39.6. The lowest BCUT2D eigenvalue weighted by molar-refractivity contribution is 0.188. The zero-order valence-electron chi connectivity index (χ0n) is 69.7.